The Morgan fingerprint density at radius 2 is 1.62 bits per heavy atom. The molecule has 0 fully saturated rings. The maximum atomic E-state index is 13.4. The lowest BCUT2D eigenvalue weighted by Crippen LogP contribution is -2.13. The van der Waals surface area contributed by atoms with Crippen molar-refractivity contribution in [1.29, 1.82) is 0 Å². The first kappa shape index (κ1) is 20.6. The van der Waals surface area contributed by atoms with Crippen molar-refractivity contribution in [2.24, 2.45) is 0 Å². The molecule has 29 heavy (non-hydrogen) atoms. The molecular weight excluding hydrogens is 365 g/mol. The highest BCUT2D eigenvalue weighted by Gasteiger charge is 2.13. The van der Waals surface area contributed by atoms with Crippen molar-refractivity contribution < 1.29 is 13.9 Å². The van der Waals surface area contributed by atoms with Crippen LogP contribution in [0.1, 0.15) is 47.8 Å². The van der Waals surface area contributed by atoms with Crippen molar-refractivity contribution >= 4 is 11.6 Å². The molecule has 3 aromatic rings. The number of amides is 1. The van der Waals surface area contributed by atoms with E-state index >= 15 is 0 Å². The van der Waals surface area contributed by atoms with E-state index in [2.05, 4.69) is 38.2 Å². The minimum atomic E-state index is -0.381. The maximum Gasteiger partial charge on any atom is 0.255 e. The zero-order valence-corrected chi connectivity index (χ0v) is 17.3. The second-order valence-corrected chi connectivity index (χ2v) is 8.17. The van der Waals surface area contributed by atoms with Gasteiger partial charge in [0.1, 0.15) is 18.2 Å². The lowest BCUT2D eigenvalue weighted by Gasteiger charge is -2.19. The Morgan fingerprint density at radius 1 is 0.966 bits per heavy atom. The van der Waals surface area contributed by atoms with Crippen LogP contribution in [0.25, 0.3) is 0 Å². The second-order valence-electron chi connectivity index (χ2n) is 8.17. The smallest absolute Gasteiger partial charge is 0.255 e. The van der Waals surface area contributed by atoms with Crippen LogP contribution < -0.4 is 10.1 Å². The summed E-state index contributed by atoms with van der Waals surface area (Å²) >= 11 is 0. The molecule has 0 saturated carbocycles. The number of carbonyl (C=O) groups is 1. The van der Waals surface area contributed by atoms with Gasteiger partial charge in [-0.25, -0.2) is 4.39 Å². The minimum Gasteiger partial charge on any atom is -0.489 e. The molecule has 0 bridgehead atoms. The zero-order valence-electron chi connectivity index (χ0n) is 17.3. The summed E-state index contributed by atoms with van der Waals surface area (Å²) in [7, 11) is 0. The summed E-state index contributed by atoms with van der Waals surface area (Å²) in [5, 5.41) is 2.75. The van der Waals surface area contributed by atoms with Crippen LogP contribution in [0.15, 0.2) is 66.7 Å². The van der Waals surface area contributed by atoms with Crippen molar-refractivity contribution in [1.82, 2.24) is 0 Å². The Bertz CT molecular complexity index is 987. The van der Waals surface area contributed by atoms with Crippen molar-refractivity contribution in [3.05, 3.63) is 94.8 Å². The average molecular weight is 391 g/mol. The summed E-state index contributed by atoms with van der Waals surface area (Å²) in [5.41, 5.74) is 4.12. The highest BCUT2D eigenvalue weighted by atomic mass is 19.1. The third-order valence-corrected chi connectivity index (χ3v) is 4.79. The van der Waals surface area contributed by atoms with Gasteiger partial charge in [-0.1, -0.05) is 51.1 Å². The van der Waals surface area contributed by atoms with E-state index < -0.39 is 0 Å². The molecule has 0 radical (unpaired) electrons. The summed E-state index contributed by atoms with van der Waals surface area (Å²) in [6, 6.07) is 19.6. The molecule has 0 spiro atoms. The fourth-order valence-electron chi connectivity index (χ4n) is 2.89. The largest absolute Gasteiger partial charge is 0.489 e. The van der Waals surface area contributed by atoms with Gasteiger partial charge in [-0.3, -0.25) is 4.79 Å². The third-order valence-electron chi connectivity index (χ3n) is 4.79. The number of hydrogen-bond acceptors (Lipinski definition) is 2. The fraction of sp³-hybridized carbons (Fsp3) is 0.240. The number of halogens is 1. The van der Waals surface area contributed by atoms with Crippen molar-refractivity contribution in [2.45, 2.75) is 39.7 Å². The van der Waals surface area contributed by atoms with Crippen molar-refractivity contribution in [2.75, 3.05) is 5.32 Å². The number of ether oxygens (including phenoxy) is 1. The molecule has 0 heterocycles. The number of benzene rings is 3. The van der Waals surface area contributed by atoms with Crippen LogP contribution in [0.2, 0.25) is 0 Å². The van der Waals surface area contributed by atoms with Crippen LogP contribution in [0.3, 0.4) is 0 Å². The van der Waals surface area contributed by atoms with Gasteiger partial charge in [-0.15, -0.1) is 0 Å². The zero-order chi connectivity index (χ0) is 21.0. The highest BCUT2D eigenvalue weighted by Crippen LogP contribution is 2.24. The Balaban J connectivity index is 1.60. The molecular formula is C25H26FNO2. The number of carbonyl (C=O) groups excluding carboxylic acids is 1. The molecule has 0 aliphatic rings. The predicted octanol–water partition coefficient (Wildman–Crippen LogP) is 6.26. The number of anilines is 1. The second kappa shape index (κ2) is 8.48. The molecule has 0 saturated heterocycles. The fourth-order valence-corrected chi connectivity index (χ4v) is 2.89. The molecule has 0 aromatic heterocycles. The molecule has 3 aromatic carbocycles. The van der Waals surface area contributed by atoms with E-state index in [0.29, 0.717) is 17.9 Å². The van der Waals surface area contributed by atoms with Crippen LogP contribution in [-0.4, -0.2) is 5.91 Å². The number of nitrogens with one attached hydrogen (secondary N) is 1. The van der Waals surface area contributed by atoms with Gasteiger partial charge in [0.25, 0.3) is 5.91 Å². The number of hydrogen-bond donors (Lipinski definition) is 1. The summed E-state index contributed by atoms with van der Waals surface area (Å²) in [6.45, 7) is 8.77. The molecule has 0 unspecified atom stereocenters. The molecule has 150 valence electrons. The first-order chi connectivity index (χ1) is 13.7. The molecule has 1 amide bonds. The monoisotopic (exact) mass is 391 g/mol. The summed E-state index contributed by atoms with van der Waals surface area (Å²) in [6.07, 6.45) is 0. The van der Waals surface area contributed by atoms with E-state index in [4.69, 9.17) is 4.74 Å². The van der Waals surface area contributed by atoms with Gasteiger partial charge in [0.05, 0.1) is 0 Å². The van der Waals surface area contributed by atoms with E-state index in [-0.39, 0.29) is 17.1 Å². The topological polar surface area (TPSA) is 38.3 Å². The summed E-state index contributed by atoms with van der Waals surface area (Å²) in [4.78, 5) is 12.4. The standard InChI is InChI=1S/C25H26FNO2/c1-17-5-12-21(26)15-23(17)27-24(28)19-8-6-18(7-9-19)16-29-22-13-10-20(11-14-22)25(2,3)4/h5-15H,16H2,1-4H3,(H,27,28). The van der Waals surface area contributed by atoms with Gasteiger partial charge in [0.2, 0.25) is 0 Å². The van der Waals surface area contributed by atoms with E-state index in [1.165, 1.54) is 17.7 Å². The van der Waals surface area contributed by atoms with E-state index in [1.54, 1.807) is 18.2 Å². The van der Waals surface area contributed by atoms with Gasteiger partial charge >= 0.3 is 0 Å². The summed E-state index contributed by atoms with van der Waals surface area (Å²) in [5.74, 6) is 0.152. The Hall–Kier alpha value is -3.14. The van der Waals surface area contributed by atoms with Gasteiger partial charge in [-0.2, -0.15) is 0 Å². The van der Waals surface area contributed by atoms with Crippen LogP contribution in [0.4, 0.5) is 10.1 Å². The Morgan fingerprint density at radius 3 is 2.24 bits per heavy atom. The third kappa shape index (κ3) is 5.44. The van der Waals surface area contributed by atoms with Crippen LogP contribution in [-0.2, 0) is 12.0 Å². The SMILES string of the molecule is Cc1ccc(F)cc1NC(=O)c1ccc(COc2ccc(C(C)(C)C)cc2)cc1. The molecule has 0 aliphatic heterocycles. The average Bonchev–Trinajstić information content (AvgIpc) is 2.69. The van der Waals surface area contributed by atoms with Gasteiger partial charge in [-0.05, 0) is 65.4 Å². The molecule has 1 N–H and O–H groups in total. The van der Waals surface area contributed by atoms with Gasteiger partial charge < -0.3 is 10.1 Å². The van der Waals surface area contributed by atoms with Crippen molar-refractivity contribution in [3.63, 3.8) is 0 Å². The lowest BCUT2D eigenvalue weighted by molar-refractivity contribution is 0.102. The number of aryl methyl sites for hydroxylation is 1. The van der Waals surface area contributed by atoms with Crippen molar-refractivity contribution in [3.8, 4) is 5.75 Å². The Kier molecular flexibility index (Phi) is 6.02. The minimum absolute atomic E-state index is 0.110. The van der Waals surface area contributed by atoms with E-state index in [9.17, 15) is 9.18 Å². The van der Waals surface area contributed by atoms with Crippen LogP contribution in [0.5, 0.6) is 5.75 Å². The predicted molar refractivity (Wildman–Crippen MR) is 115 cm³/mol. The molecule has 0 atom stereocenters. The molecule has 3 rings (SSSR count). The van der Waals surface area contributed by atoms with E-state index in [1.807, 2.05) is 31.2 Å². The van der Waals surface area contributed by atoms with Crippen LogP contribution in [0, 0.1) is 12.7 Å². The van der Waals surface area contributed by atoms with Crippen LogP contribution >= 0.6 is 0 Å². The molecule has 4 heteroatoms. The first-order valence-corrected chi connectivity index (χ1v) is 9.62. The first-order valence-electron chi connectivity index (χ1n) is 9.62. The summed E-state index contributed by atoms with van der Waals surface area (Å²) < 4.78 is 19.2. The van der Waals surface area contributed by atoms with Gasteiger partial charge in [0, 0.05) is 11.3 Å². The number of rotatable bonds is 5. The van der Waals surface area contributed by atoms with Gasteiger partial charge in [0.15, 0.2) is 0 Å². The molecule has 0 aliphatic carbocycles. The Labute approximate surface area is 171 Å². The lowest BCUT2D eigenvalue weighted by atomic mass is 9.87. The molecule has 3 nitrogen and oxygen atoms in total. The quantitative estimate of drug-likeness (QED) is 0.557. The highest BCUT2D eigenvalue weighted by molar-refractivity contribution is 6.04. The normalized spacial score (nSPS) is 11.2. The maximum absolute atomic E-state index is 13.4. The van der Waals surface area contributed by atoms with E-state index in [0.717, 1.165) is 16.9 Å².